The Bertz CT molecular complexity index is 2400. The number of ether oxygens (including phenoxy) is 3. The monoisotopic (exact) mass is 803 g/mol. The Morgan fingerprint density at radius 3 is 2.22 bits per heavy atom. The molecule has 3 amide bonds. The van der Waals surface area contributed by atoms with E-state index < -0.39 is 39.6 Å². The molecular weight excluding hydrogens is 759 g/mol. The predicted octanol–water partition coefficient (Wildman–Crippen LogP) is 8.42. The molecule has 0 bridgehead atoms. The van der Waals surface area contributed by atoms with Crippen molar-refractivity contribution in [2.45, 2.75) is 56.6 Å². The molecule has 13 nitrogen and oxygen atoms in total. The lowest BCUT2D eigenvalue weighted by atomic mass is 10.0. The first-order chi connectivity index (χ1) is 27.7. The number of sulfonamides is 1. The van der Waals surface area contributed by atoms with E-state index in [-0.39, 0.29) is 39.2 Å². The molecule has 1 heterocycles. The summed E-state index contributed by atoms with van der Waals surface area (Å²) in [6.07, 6.45) is 4.91. The van der Waals surface area contributed by atoms with Gasteiger partial charge in [0.05, 0.1) is 29.3 Å². The molecular formula is C44H45N5O8S. The van der Waals surface area contributed by atoms with Crippen molar-refractivity contribution >= 4 is 39.7 Å². The highest BCUT2D eigenvalue weighted by atomic mass is 32.2. The van der Waals surface area contributed by atoms with Gasteiger partial charge in [0.15, 0.2) is 5.82 Å². The number of rotatable bonds is 16. The second kappa shape index (κ2) is 18.9. The summed E-state index contributed by atoms with van der Waals surface area (Å²) in [5.41, 5.74) is 1.38. The van der Waals surface area contributed by atoms with Crippen molar-refractivity contribution in [2.24, 2.45) is 0 Å². The standard InChI is InChI=1S/C44H45N5O8S/c1-7-9-11-16-29-21-25-33(26-22-29)58(53,54)49-41(50)34-19-14-15-20-35(34)45-42(51)39(48-43(52)57-44(3,4)5)32-24-23-30(8-2)36(27-32)56-38-28-37(55-6)46-40(47-38)31-17-12-10-13-18-31/h7-8,10,12-15,17-28,39H,1-2,9,11,16H2,3-6H3,(H,45,51)(H,48,52)(H,49,50). The summed E-state index contributed by atoms with van der Waals surface area (Å²) in [5.74, 6) is -0.824. The van der Waals surface area contributed by atoms with E-state index in [0.717, 1.165) is 30.4 Å². The minimum atomic E-state index is -4.29. The van der Waals surface area contributed by atoms with Gasteiger partial charge in [-0.3, -0.25) is 9.59 Å². The number of unbranched alkanes of at least 4 members (excludes halogenated alkanes) is 1. The zero-order chi connectivity index (χ0) is 41.9. The second-order valence-electron chi connectivity index (χ2n) is 13.9. The number of benzene rings is 4. The van der Waals surface area contributed by atoms with Crippen LogP contribution in [0, 0.1) is 0 Å². The highest BCUT2D eigenvalue weighted by Gasteiger charge is 2.29. The van der Waals surface area contributed by atoms with E-state index in [2.05, 4.69) is 38.5 Å². The Morgan fingerprint density at radius 2 is 1.55 bits per heavy atom. The van der Waals surface area contributed by atoms with Gasteiger partial charge >= 0.3 is 6.09 Å². The van der Waals surface area contributed by atoms with Gasteiger partial charge in [-0.05, 0) is 81.5 Å². The molecule has 0 aliphatic rings. The molecule has 1 unspecified atom stereocenters. The molecule has 1 aromatic heterocycles. The van der Waals surface area contributed by atoms with Crippen LogP contribution in [0.15, 0.2) is 127 Å². The second-order valence-corrected chi connectivity index (χ2v) is 15.6. The van der Waals surface area contributed by atoms with E-state index in [1.165, 1.54) is 49.6 Å². The summed E-state index contributed by atoms with van der Waals surface area (Å²) in [6, 6.07) is 26.2. The maximum atomic E-state index is 14.2. The molecule has 0 saturated heterocycles. The first-order valence-electron chi connectivity index (χ1n) is 18.3. The molecule has 5 aromatic rings. The third-order valence-corrected chi connectivity index (χ3v) is 9.76. The molecule has 5 rings (SSSR count). The fourth-order valence-corrected chi connectivity index (χ4v) is 6.59. The minimum Gasteiger partial charge on any atom is -0.481 e. The molecule has 0 saturated carbocycles. The first-order valence-corrected chi connectivity index (χ1v) is 19.8. The SMILES string of the molecule is C=CCCCc1ccc(S(=O)(=O)NC(=O)c2ccccc2NC(=O)C(NC(=O)OC(C)(C)C)c2ccc(C=C)c(Oc3cc(OC)nc(-c4ccccc4)n3)c2)cc1. The van der Waals surface area contributed by atoms with Gasteiger partial charge in [-0.2, -0.15) is 9.97 Å². The summed E-state index contributed by atoms with van der Waals surface area (Å²) >= 11 is 0. The number of hydrogen-bond donors (Lipinski definition) is 3. The zero-order valence-corrected chi connectivity index (χ0v) is 33.5. The number of aryl methyl sites for hydroxylation is 1. The van der Waals surface area contributed by atoms with Crippen LogP contribution >= 0.6 is 0 Å². The predicted molar refractivity (Wildman–Crippen MR) is 222 cm³/mol. The molecule has 0 aliphatic heterocycles. The maximum absolute atomic E-state index is 14.2. The summed E-state index contributed by atoms with van der Waals surface area (Å²) < 4.78 is 45.8. The van der Waals surface area contributed by atoms with E-state index in [1.807, 2.05) is 36.4 Å². The number of alkyl carbamates (subject to hydrolysis) is 1. The van der Waals surface area contributed by atoms with Crippen molar-refractivity contribution in [2.75, 3.05) is 12.4 Å². The Hall–Kier alpha value is -6.80. The third kappa shape index (κ3) is 11.4. The van der Waals surface area contributed by atoms with Crippen molar-refractivity contribution in [1.29, 1.82) is 0 Å². The molecule has 0 aliphatic carbocycles. The van der Waals surface area contributed by atoms with Gasteiger partial charge in [0.1, 0.15) is 17.4 Å². The van der Waals surface area contributed by atoms with Crippen molar-refractivity contribution in [3.63, 3.8) is 0 Å². The van der Waals surface area contributed by atoms with Gasteiger partial charge in [0.25, 0.3) is 21.8 Å². The fourth-order valence-electron chi connectivity index (χ4n) is 5.62. The number of nitrogens with one attached hydrogen (secondary N) is 3. The third-order valence-electron chi connectivity index (χ3n) is 8.41. The van der Waals surface area contributed by atoms with Crippen LogP contribution < -0.4 is 24.8 Å². The minimum absolute atomic E-state index is 0.0190. The quantitative estimate of drug-likeness (QED) is 0.0649. The molecule has 1 atom stereocenters. The number of anilines is 1. The van der Waals surface area contributed by atoms with Gasteiger partial charge in [-0.1, -0.05) is 85.5 Å². The van der Waals surface area contributed by atoms with Gasteiger partial charge < -0.3 is 24.8 Å². The van der Waals surface area contributed by atoms with Gasteiger partial charge in [-0.15, -0.1) is 6.58 Å². The van der Waals surface area contributed by atoms with Crippen LogP contribution in [0.3, 0.4) is 0 Å². The van der Waals surface area contributed by atoms with Crippen LogP contribution in [0.5, 0.6) is 17.5 Å². The van der Waals surface area contributed by atoms with Crippen LogP contribution in [0.4, 0.5) is 10.5 Å². The van der Waals surface area contributed by atoms with Crippen LogP contribution in [-0.4, -0.2) is 49.0 Å². The summed E-state index contributed by atoms with van der Waals surface area (Å²) in [5, 5.41) is 5.30. The van der Waals surface area contributed by atoms with E-state index in [9.17, 15) is 22.8 Å². The number of allylic oxidation sites excluding steroid dienone is 1. The Kier molecular flexibility index (Phi) is 13.8. The van der Waals surface area contributed by atoms with Gasteiger partial charge in [0, 0.05) is 11.1 Å². The summed E-state index contributed by atoms with van der Waals surface area (Å²) in [4.78, 5) is 49.8. The summed E-state index contributed by atoms with van der Waals surface area (Å²) in [7, 11) is -2.82. The van der Waals surface area contributed by atoms with Crippen LogP contribution in [0.2, 0.25) is 0 Å². The maximum Gasteiger partial charge on any atom is 0.408 e. The lowest BCUT2D eigenvalue weighted by Crippen LogP contribution is -2.40. The molecule has 58 heavy (non-hydrogen) atoms. The average Bonchev–Trinajstić information content (AvgIpc) is 3.19. The number of carbonyl (C=O) groups is 3. The molecule has 0 spiro atoms. The Balaban J connectivity index is 1.44. The van der Waals surface area contributed by atoms with E-state index in [4.69, 9.17) is 14.2 Å². The van der Waals surface area contributed by atoms with Crippen LogP contribution in [0.25, 0.3) is 17.5 Å². The van der Waals surface area contributed by atoms with Crippen LogP contribution in [-0.2, 0) is 26.0 Å². The van der Waals surface area contributed by atoms with Crippen molar-refractivity contribution in [3.05, 3.63) is 145 Å². The normalized spacial score (nSPS) is 11.7. The molecule has 0 radical (unpaired) electrons. The largest absolute Gasteiger partial charge is 0.481 e. The molecule has 4 aromatic carbocycles. The Labute approximate surface area is 338 Å². The number of aromatic nitrogens is 2. The Morgan fingerprint density at radius 1 is 0.862 bits per heavy atom. The number of nitrogens with zero attached hydrogens (tertiary/aromatic N) is 2. The lowest BCUT2D eigenvalue weighted by Gasteiger charge is -2.24. The molecule has 14 heteroatoms. The zero-order valence-electron chi connectivity index (χ0n) is 32.7. The number of methoxy groups -OCH3 is 1. The number of para-hydroxylation sites is 1. The first kappa shape index (κ1) is 42.3. The van der Waals surface area contributed by atoms with Crippen molar-refractivity contribution < 1.29 is 37.0 Å². The molecule has 0 fully saturated rings. The van der Waals surface area contributed by atoms with E-state index >= 15 is 0 Å². The molecule has 300 valence electrons. The fraction of sp³-hybridized carbons (Fsp3) is 0.205. The van der Waals surface area contributed by atoms with Gasteiger partial charge in [-0.25, -0.2) is 17.9 Å². The smallest absolute Gasteiger partial charge is 0.408 e. The number of hydrogen-bond acceptors (Lipinski definition) is 10. The topological polar surface area (TPSA) is 175 Å². The number of carbonyl (C=O) groups excluding carboxylic acids is 3. The van der Waals surface area contributed by atoms with Crippen molar-refractivity contribution in [1.82, 2.24) is 20.0 Å². The number of amides is 3. The molecule has 3 N–H and O–H groups in total. The highest BCUT2D eigenvalue weighted by Crippen LogP contribution is 2.32. The highest BCUT2D eigenvalue weighted by molar-refractivity contribution is 7.90. The summed E-state index contributed by atoms with van der Waals surface area (Å²) in [6.45, 7) is 12.6. The van der Waals surface area contributed by atoms with Crippen molar-refractivity contribution in [3.8, 4) is 28.9 Å². The average molecular weight is 804 g/mol. The van der Waals surface area contributed by atoms with E-state index in [0.29, 0.717) is 11.4 Å². The lowest BCUT2D eigenvalue weighted by molar-refractivity contribution is -0.118. The van der Waals surface area contributed by atoms with Crippen LogP contribution in [0.1, 0.15) is 66.7 Å². The van der Waals surface area contributed by atoms with Gasteiger partial charge in [0.2, 0.25) is 11.8 Å². The van der Waals surface area contributed by atoms with E-state index in [1.54, 1.807) is 57.2 Å².